The molecule has 140 valence electrons. The van der Waals surface area contributed by atoms with E-state index in [-0.39, 0.29) is 41.3 Å². The van der Waals surface area contributed by atoms with Crippen molar-refractivity contribution >= 4 is 18.3 Å². The Kier molecular flexibility index (Phi) is 4.40. The van der Waals surface area contributed by atoms with Crippen LogP contribution in [0.25, 0.3) is 0 Å². The summed E-state index contributed by atoms with van der Waals surface area (Å²) in [6, 6.07) is 1.72. The number of hydrogen-bond acceptors (Lipinski definition) is 4. The second kappa shape index (κ2) is 5.82. The number of nitriles is 1. The van der Waals surface area contributed by atoms with Crippen LogP contribution in [0, 0.1) is 34.5 Å². The van der Waals surface area contributed by atoms with Crippen LogP contribution in [0.15, 0.2) is 0 Å². The zero-order valence-corrected chi connectivity index (χ0v) is 15.2. The molecule has 1 heterocycles. The summed E-state index contributed by atoms with van der Waals surface area (Å²) in [5.74, 6) is 1.56. The van der Waals surface area contributed by atoms with Gasteiger partial charge in [0.05, 0.1) is 17.7 Å². The monoisotopic (exact) mass is 369 g/mol. The van der Waals surface area contributed by atoms with Crippen molar-refractivity contribution < 1.29 is 15.4 Å². The number of carbonyl (C=O) groups excluding carboxylic acids is 1. The topological polar surface area (TPSA) is 122 Å². The van der Waals surface area contributed by atoms with E-state index < -0.39 is 11.6 Å². The molecule has 0 aromatic heterocycles. The van der Waals surface area contributed by atoms with Crippen molar-refractivity contribution in [2.45, 2.75) is 75.1 Å². The maximum Gasteiger partial charge on any atom is 0.241 e. The number of piperidine rings is 1. The van der Waals surface area contributed by atoms with Gasteiger partial charge in [-0.05, 0) is 74.5 Å². The normalized spacial score (nSPS) is 49.5. The van der Waals surface area contributed by atoms with E-state index in [1.54, 1.807) is 4.90 Å². The molecule has 5 aliphatic carbocycles. The van der Waals surface area contributed by atoms with Crippen LogP contribution < -0.4 is 5.73 Å². The molecule has 0 aromatic rings. The molecular weight excluding hydrogens is 342 g/mol. The number of hydrogen-bond donors (Lipinski definition) is 2. The van der Waals surface area contributed by atoms with Gasteiger partial charge in [-0.3, -0.25) is 4.79 Å². The van der Waals surface area contributed by atoms with Crippen LogP contribution in [0.1, 0.15) is 51.4 Å². The number of carbonyl (C=O) groups is 1. The van der Waals surface area contributed by atoms with E-state index in [2.05, 4.69) is 6.07 Å². The summed E-state index contributed by atoms with van der Waals surface area (Å²) in [6.07, 6.45) is 7.48. The molecule has 6 unspecified atom stereocenters. The Morgan fingerprint density at radius 3 is 2.40 bits per heavy atom. The molecule has 0 aromatic carbocycles. The summed E-state index contributed by atoms with van der Waals surface area (Å²) in [7, 11) is 0. The minimum absolute atomic E-state index is 0. The van der Waals surface area contributed by atoms with E-state index >= 15 is 0 Å². The minimum Gasteiger partial charge on any atom is -0.412 e. The number of amides is 1. The van der Waals surface area contributed by atoms with Gasteiger partial charge in [0, 0.05) is 6.04 Å². The summed E-state index contributed by atoms with van der Waals surface area (Å²) < 4.78 is 0. The lowest BCUT2D eigenvalue weighted by molar-refractivity contribution is -0.177. The van der Waals surface area contributed by atoms with E-state index in [9.17, 15) is 15.2 Å². The molecule has 5 saturated carbocycles. The van der Waals surface area contributed by atoms with Gasteiger partial charge in [0.2, 0.25) is 5.91 Å². The van der Waals surface area contributed by atoms with Crippen LogP contribution in [0.3, 0.4) is 0 Å². The number of fused-ring (bicyclic) bond motifs is 1. The number of rotatable bonds is 2. The van der Waals surface area contributed by atoms with Crippen LogP contribution in [-0.2, 0) is 4.79 Å². The second-order valence-corrected chi connectivity index (χ2v) is 9.21. The van der Waals surface area contributed by atoms with E-state index in [1.807, 2.05) is 0 Å². The fourth-order valence-electron chi connectivity index (χ4n) is 6.96. The van der Waals surface area contributed by atoms with Gasteiger partial charge in [-0.25, -0.2) is 0 Å². The molecule has 6 rings (SSSR count). The van der Waals surface area contributed by atoms with Crippen molar-refractivity contribution in [3.05, 3.63) is 0 Å². The number of nitrogens with two attached hydrogens (primary N) is 1. The predicted octanol–water partition coefficient (Wildman–Crippen LogP) is 0.755. The molecule has 1 amide bonds. The summed E-state index contributed by atoms with van der Waals surface area (Å²) in [5.41, 5.74) is 5.71. The minimum atomic E-state index is -0.594. The lowest BCUT2D eigenvalue weighted by atomic mass is 9.46. The van der Waals surface area contributed by atoms with Crippen molar-refractivity contribution in [3.8, 4) is 6.07 Å². The van der Waals surface area contributed by atoms with Crippen LogP contribution in [0.2, 0.25) is 0 Å². The van der Waals surface area contributed by atoms with E-state index in [4.69, 9.17) is 5.73 Å². The summed E-state index contributed by atoms with van der Waals surface area (Å²) in [6.45, 7) is 0. The van der Waals surface area contributed by atoms with Crippen molar-refractivity contribution in [3.63, 3.8) is 0 Å². The fourth-order valence-corrected chi connectivity index (χ4v) is 6.96. The number of aliphatic hydroxyl groups is 1. The molecule has 6 aliphatic rings. The Morgan fingerprint density at radius 2 is 1.84 bits per heavy atom. The zero-order chi connectivity index (χ0) is 16.0. The molecule has 6 nitrogen and oxygen atoms in total. The Morgan fingerprint density at radius 1 is 1.20 bits per heavy atom. The fraction of sp³-hybridized carbons (Fsp3) is 0.889. The van der Waals surface area contributed by atoms with Gasteiger partial charge in [0.1, 0.15) is 6.04 Å². The first kappa shape index (κ1) is 18.9. The number of nitrogens with zero attached hydrogens (tertiary/aromatic N) is 2. The molecule has 1 saturated heterocycles. The smallest absolute Gasteiger partial charge is 0.241 e. The van der Waals surface area contributed by atoms with Gasteiger partial charge in [0.25, 0.3) is 0 Å². The molecule has 0 spiro atoms. The Bertz CT molecular complexity index is 607. The Labute approximate surface area is 154 Å². The molecule has 6 fully saturated rings. The lowest BCUT2D eigenvalue weighted by Gasteiger charge is -2.61. The van der Waals surface area contributed by atoms with Gasteiger partial charge in [0.15, 0.2) is 0 Å². The highest BCUT2D eigenvalue weighted by Crippen LogP contribution is 2.63. The molecule has 7 heteroatoms. The summed E-state index contributed by atoms with van der Waals surface area (Å²) in [4.78, 5) is 14.9. The molecule has 1 aliphatic heterocycles. The third-order valence-electron chi connectivity index (χ3n) is 7.51. The quantitative estimate of drug-likeness (QED) is 0.745. The second-order valence-electron chi connectivity index (χ2n) is 9.21. The third-order valence-corrected chi connectivity index (χ3v) is 7.51. The van der Waals surface area contributed by atoms with Crippen molar-refractivity contribution in [1.29, 1.82) is 5.26 Å². The SMILES string of the molecule is Cl.N#CC1CC2CC2N1C(=O)C(N)C12CC3CC(CC(O)(C3)C1)C2.O. The highest BCUT2D eigenvalue weighted by Gasteiger charge is 2.62. The van der Waals surface area contributed by atoms with Crippen LogP contribution in [0.4, 0.5) is 0 Å². The maximum atomic E-state index is 13.1. The molecule has 5 N–H and O–H groups in total. The van der Waals surface area contributed by atoms with Gasteiger partial charge in [-0.15, -0.1) is 12.4 Å². The third kappa shape index (κ3) is 2.59. The van der Waals surface area contributed by atoms with Gasteiger partial charge in [-0.2, -0.15) is 5.26 Å². The van der Waals surface area contributed by atoms with Crippen molar-refractivity contribution in [2.75, 3.05) is 0 Å². The first-order chi connectivity index (χ1) is 10.9. The van der Waals surface area contributed by atoms with E-state index in [0.717, 1.165) is 38.5 Å². The molecule has 25 heavy (non-hydrogen) atoms. The van der Waals surface area contributed by atoms with Gasteiger partial charge < -0.3 is 21.2 Å². The van der Waals surface area contributed by atoms with Crippen LogP contribution >= 0.6 is 12.4 Å². The van der Waals surface area contributed by atoms with Gasteiger partial charge >= 0.3 is 0 Å². The average Bonchev–Trinajstić information content (AvgIpc) is 3.14. The molecule has 6 atom stereocenters. The van der Waals surface area contributed by atoms with Gasteiger partial charge in [-0.1, -0.05) is 0 Å². The first-order valence-electron chi connectivity index (χ1n) is 9.13. The maximum absolute atomic E-state index is 13.1. The average molecular weight is 370 g/mol. The summed E-state index contributed by atoms with van der Waals surface area (Å²) in [5, 5.41) is 20.2. The predicted molar refractivity (Wildman–Crippen MR) is 93.7 cm³/mol. The Balaban J connectivity index is 0.000000911. The first-order valence-corrected chi connectivity index (χ1v) is 9.13. The zero-order valence-electron chi connectivity index (χ0n) is 14.4. The molecule has 0 radical (unpaired) electrons. The van der Waals surface area contributed by atoms with Crippen LogP contribution in [-0.4, -0.2) is 45.1 Å². The Hall–Kier alpha value is -0.870. The highest BCUT2D eigenvalue weighted by atomic mass is 35.5. The number of halogens is 1. The molecular formula is C18H28ClN3O3. The number of likely N-dealkylation sites (tertiary alicyclic amines) is 1. The lowest BCUT2D eigenvalue weighted by Crippen LogP contribution is -2.64. The van der Waals surface area contributed by atoms with E-state index in [1.165, 1.54) is 6.42 Å². The largest absolute Gasteiger partial charge is 0.412 e. The van der Waals surface area contributed by atoms with Crippen LogP contribution in [0.5, 0.6) is 0 Å². The highest BCUT2D eigenvalue weighted by molar-refractivity contribution is 5.85. The van der Waals surface area contributed by atoms with Crippen molar-refractivity contribution in [2.24, 2.45) is 28.9 Å². The summed E-state index contributed by atoms with van der Waals surface area (Å²) >= 11 is 0. The molecule has 4 bridgehead atoms. The van der Waals surface area contributed by atoms with E-state index in [0.29, 0.717) is 24.2 Å². The van der Waals surface area contributed by atoms with Crippen molar-refractivity contribution in [1.82, 2.24) is 4.90 Å². The standard InChI is InChI=1S/C18H25N3O2.ClH.H2O/c19-8-13-2-12-3-14(12)21(13)16(22)15(20)17-4-10-1-11(5-17)7-18(23,6-10)9-17;;/h10-15,23H,1-7,9,20H2;1H;1H2.